The van der Waals surface area contributed by atoms with E-state index < -0.39 is 0 Å². The zero-order chi connectivity index (χ0) is 11.1. The first kappa shape index (κ1) is 10.2. The fourth-order valence-electron chi connectivity index (χ4n) is 2.54. The van der Waals surface area contributed by atoms with E-state index in [9.17, 15) is 0 Å². The van der Waals surface area contributed by atoms with Crippen LogP contribution in [0.2, 0.25) is 0 Å². The monoisotopic (exact) mass is 218 g/mol. The molecule has 2 aliphatic rings. The molecule has 1 atom stereocenters. The van der Waals surface area contributed by atoms with Crippen LogP contribution in [0.5, 0.6) is 5.75 Å². The van der Waals surface area contributed by atoms with E-state index in [1.807, 2.05) is 6.07 Å². The van der Waals surface area contributed by atoms with Gasteiger partial charge in [-0.1, -0.05) is 13.0 Å². The van der Waals surface area contributed by atoms with E-state index in [4.69, 9.17) is 14.0 Å². The Hall–Kier alpha value is -0.995. The number of rotatable bonds is 1. The number of benzene rings is 1. The van der Waals surface area contributed by atoms with Gasteiger partial charge in [0.1, 0.15) is 12.4 Å². The number of hydrogen-bond donors (Lipinski definition) is 0. The molecule has 3 nitrogen and oxygen atoms in total. The lowest BCUT2D eigenvalue weighted by molar-refractivity contribution is 0.141. The largest absolute Gasteiger partial charge is 0.498 e. The van der Waals surface area contributed by atoms with E-state index in [1.54, 1.807) is 0 Å². The molecule has 2 heterocycles. The van der Waals surface area contributed by atoms with Gasteiger partial charge in [0.2, 0.25) is 0 Å². The van der Waals surface area contributed by atoms with Crippen LogP contribution >= 0.6 is 0 Å². The van der Waals surface area contributed by atoms with Gasteiger partial charge in [-0.3, -0.25) is 0 Å². The molecule has 0 unspecified atom stereocenters. The molecule has 0 radical (unpaired) electrons. The molecule has 0 spiro atoms. The smallest absolute Gasteiger partial charge is 0.492 e. The third-order valence-electron chi connectivity index (χ3n) is 3.29. The van der Waals surface area contributed by atoms with Crippen LogP contribution in [-0.4, -0.2) is 20.3 Å². The molecule has 0 aromatic heterocycles. The van der Waals surface area contributed by atoms with Gasteiger partial charge in [-0.15, -0.1) is 0 Å². The third kappa shape index (κ3) is 1.37. The summed E-state index contributed by atoms with van der Waals surface area (Å²) in [5.41, 5.74) is 3.65. The normalized spacial score (nSPS) is 22.6. The van der Waals surface area contributed by atoms with Crippen molar-refractivity contribution in [1.29, 1.82) is 0 Å². The maximum Gasteiger partial charge on any atom is 0.498 e. The molecular formula is C12H15BO3. The van der Waals surface area contributed by atoms with E-state index >= 15 is 0 Å². The fourth-order valence-corrected chi connectivity index (χ4v) is 2.54. The van der Waals surface area contributed by atoms with Gasteiger partial charge in [0.15, 0.2) is 0 Å². The molecule has 84 valence electrons. The zero-order valence-corrected chi connectivity index (χ0v) is 9.66. The Bertz CT molecular complexity index is 419. The number of ether oxygens (including phenoxy) is 1. The first-order chi connectivity index (χ1) is 7.81. The van der Waals surface area contributed by atoms with Crippen LogP contribution in [0.25, 0.3) is 0 Å². The van der Waals surface area contributed by atoms with Gasteiger partial charge in [-0.2, -0.15) is 0 Å². The minimum Gasteiger partial charge on any atom is -0.492 e. The third-order valence-corrected chi connectivity index (χ3v) is 3.29. The molecule has 2 aliphatic heterocycles. The lowest BCUT2D eigenvalue weighted by Crippen LogP contribution is -2.31. The van der Waals surface area contributed by atoms with Crippen molar-refractivity contribution in [3.05, 3.63) is 23.3 Å². The van der Waals surface area contributed by atoms with E-state index in [0.717, 1.165) is 17.6 Å². The van der Waals surface area contributed by atoms with Crippen molar-refractivity contribution in [2.24, 2.45) is 0 Å². The molecule has 1 aromatic rings. The van der Waals surface area contributed by atoms with Gasteiger partial charge in [-0.25, -0.2) is 0 Å². The molecule has 0 fully saturated rings. The maximum absolute atomic E-state index is 5.92. The number of aryl methyl sites for hydroxylation is 1. The van der Waals surface area contributed by atoms with E-state index in [0.29, 0.717) is 13.2 Å². The van der Waals surface area contributed by atoms with Crippen LogP contribution in [-0.2, 0) is 9.31 Å². The summed E-state index contributed by atoms with van der Waals surface area (Å²) in [6.45, 7) is 5.45. The average Bonchev–Trinajstić information content (AvgIpc) is 2.55. The van der Waals surface area contributed by atoms with E-state index in [-0.39, 0.29) is 13.2 Å². The predicted octanol–water partition coefficient (Wildman–Crippen LogP) is 1.58. The topological polar surface area (TPSA) is 27.7 Å². The summed E-state index contributed by atoms with van der Waals surface area (Å²) in [6, 6.07) is 4.13. The highest BCUT2D eigenvalue weighted by Crippen LogP contribution is 2.34. The maximum atomic E-state index is 5.92. The van der Waals surface area contributed by atoms with E-state index in [2.05, 4.69) is 19.9 Å². The molecule has 3 rings (SSSR count). The lowest BCUT2D eigenvalue weighted by atomic mass is 9.76. The summed E-state index contributed by atoms with van der Waals surface area (Å²) < 4.78 is 17.3. The Balaban J connectivity index is 2.17. The summed E-state index contributed by atoms with van der Waals surface area (Å²) in [4.78, 5) is 0. The molecule has 0 saturated carbocycles. The Labute approximate surface area is 95.8 Å². The molecule has 4 heteroatoms. The first-order valence-corrected chi connectivity index (χ1v) is 5.84. The summed E-state index contributed by atoms with van der Waals surface area (Å²) in [7, 11) is -0.225. The second-order valence-corrected chi connectivity index (χ2v) is 4.29. The van der Waals surface area contributed by atoms with Crippen molar-refractivity contribution in [2.75, 3.05) is 13.2 Å². The van der Waals surface area contributed by atoms with Crippen LogP contribution in [0.15, 0.2) is 12.1 Å². The summed E-state index contributed by atoms with van der Waals surface area (Å²) in [6.07, 6.45) is 1.12. The fraction of sp³-hybridized carbons (Fsp3) is 0.500. The Morgan fingerprint density at radius 2 is 2.25 bits per heavy atom. The quantitative estimate of drug-likeness (QED) is 0.669. The van der Waals surface area contributed by atoms with Gasteiger partial charge in [0.05, 0.1) is 12.7 Å². The average molecular weight is 218 g/mol. The molecule has 0 aliphatic carbocycles. The molecule has 0 saturated heterocycles. The molecular weight excluding hydrogens is 203 g/mol. The molecule has 0 bridgehead atoms. The van der Waals surface area contributed by atoms with Crippen LogP contribution in [0.1, 0.15) is 30.6 Å². The van der Waals surface area contributed by atoms with Gasteiger partial charge < -0.3 is 14.0 Å². The molecule has 1 aromatic carbocycles. The number of hydrogen-bond acceptors (Lipinski definition) is 3. The van der Waals surface area contributed by atoms with Gasteiger partial charge >= 0.3 is 7.12 Å². The Kier molecular flexibility index (Phi) is 2.41. The van der Waals surface area contributed by atoms with Crippen molar-refractivity contribution in [1.82, 2.24) is 0 Å². The highest BCUT2D eigenvalue weighted by Gasteiger charge is 2.41. The minimum atomic E-state index is -0.225. The molecule has 16 heavy (non-hydrogen) atoms. The summed E-state index contributed by atoms with van der Waals surface area (Å²) in [5.74, 6) is 0.930. The van der Waals surface area contributed by atoms with Crippen LogP contribution < -0.4 is 10.2 Å². The standard InChI is InChI=1S/C12H15BO3/c1-3-9-11-8(2)4-5-10-12(11)13(16-9)15-7-6-14-10/h4-5,9H,3,6-7H2,1-2H3/t9-/m1/s1. The summed E-state index contributed by atoms with van der Waals surface area (Å²) in [5, 5.41) is 0. The van der Waals surface area contributed by atoms with Gasteiger partial charge in [-0.05, 0) is 30.5 Å². The van der Waals surface area contributed by atoms with Crippen molar-refractivity contribution in [2.45, 2.75) is 26.4 Å². The van der Waals surface area contributed by atoms with Gasteiger partial charge in [0.25, 0.3) is 0 Å². The Morgan fingerprint density at radius 1 is 1.38 bits per heavy atom. The summed E-state index contributed by atoms with van der Waals surface area (Å²) >= 11 is 0. The second-order valence-electron chi connectivity index (χ2n) is 4.29. The van der Waals surface area contributed by atoms with Crippen molar-refractivity contribution in [3.8, 4) is 5.75 Å². The highest BCUT2D eigenvalue weighted by molar-refractivity contribution is 6.64. The lowest BCUT2D eigenvalue weighted by Gasteiger charge is -2.14. The zero-order valence-electron chi connectivity index (χ0n) is 9.66. The van der Waals surface area contributed by atoms with Crippen molar-refractivity contribution < 1.29 is 14.0 Å². The van der Waals surface area contributed by atoms with Crippen molar-refractivity contribution >= 4 is 12.6 Å². The second kappa shape index (κ2) is 3.79. The highest BCUT2D eigenvalue weighted by atomic mass is 16.6. The first-order valence-electron chi connectivity index (χ1n) is 5.84. The molecule has 0 N–H and O–H groups in total. The van der Waals surface area contributed by atoms with Gasteiger partial charge in [0, 0.05) is 5.46 Å². The van der Waals surface area contributed by atoms with Crippen molar-refractivity contribution in [3.63, 3.8) is 0 Å². The van der Waals surface area contributed by atoms with Crippen LogP contribution in [0, 0.1) is 6.92 Å². The van der Waals surface area contributed by atoms with E-state index in [1.165, 1.54) is 11.1 Å². The van der Waals surface area contributed by atoms with Crippen LogP contribution in [0.4, 0.5) is 0 Å². The Morgan fingerprint density at radius 3 is 3.06 bits per heavy atom. The SMILES string of the molecule is CC[C@H]1OB2OCCOc3ccc(C)c1c32. The minimum absolute atomic E-state index is 0.154. The molecule has 0 amide bonds. The predicted molar refractivity (Wildman–Crippen MR) is 62.1 cm³/mol. The van der Waals surface area contributed by atoms with Crippen LogP contribution in [0.3, 0.4) is 0 Å².